The largest absolute Gasteiger partial charge is 0.506 e. The van der Waals surface area contributed by atoms with Crippen LogP contribution in [0.2, 0.25) is 5.02 Å². The zero-order valence-electron chi connectivity index (χ0n) is 13.8. The molecule has 0 amide bonds. The van der Waals surface area contributed by atoms with Gasteiger partial charge in [-0.3, -0.25) is 5.41 Å². The van der Waals surface area contributed by atoms with Gasteiger partial charge in [-0.05, 0) is 18.6 Å². The van der Waals surface area contributed by atoms with Gasteiger partial charge in [0.05, 0.1) is 17.3 Å². The molecule has 23 heavy (non-hydrogen) atoms. The molecular formula is C17H25ClN4O. The summed E-state index contributed by atoms with van der Waals surface area (Å²) in [5.41, 5.74) is 1.41. The van der Waals surface area contributed by atoms with Crippen molar-refractivity contribution >= 4 is 23.3 Å². The fourth-order valence-electron chi connectivity index (χ4n) is 2.65. The fourth-order valence-corrected chi connectivity index (χ4v) is 2.82. The molecule has 0 bridgehead atoms. The van der Waals surface area contributed by atoms with Gasteiger partial charge < -0.3 is 10.4 Å². The highest BCUT2D eigenvalue weighted by atomic mass is 35.5. The van der Waals surface area contributed by atoms with Gasteiger partial charge in [0.1, 0.15) is 5.75 Å². The summed E-state index contributed by atoms with van der Waals surface area (Å²) >= 11 is 5.98. The molecule has 1 unspecified atom stereocenters. The first-order valence-corrected chi connectivity index (χ1v) is 8.58. The van der Waals surface area contributed by atoms with E-state index in [1.54, 1.807) is 17.1 Å². The number of guanidine groups is 1. The molecule has 3 N–H and O–H groups in total. The van der Waals surface area contributed by atoms with Crippen molar-refractivity contribution in [1.82, 2.24) is 10.3 Å². The van der Waals surface area contributed by atoms with E-state index in [0.29, 0.717) is 23.1 Å². The van der Waals surface area contributed by atoms with Crippen LogP contribution < -0.4 is 5.32 Å². The number of rotatable bonds is 6. The Hall–Kier alpha value is -1.75. The first-order chi connectivity index (χ1) is 11.0. The van der Waals surface area contributed by atoms with E-state index < -0.39 is 0 Å². The van der Waals surface area contributed by atoms with Gasteiger partial charge in [-0.25, -0.2) is 5.01 Å². The van der Waals surface area contributed by atoms with Crippen LogP contribution in [0, 0.1) is 11.3 Å². The second-order valence-electron chi connectivity index (χ2n) is 5.94. The molecule has 1 heterocycles. The maximum Gasteiger partial charge on any atom is 0.211 e. The third-order valence-electron chi connectivity index (χ3n) is 3.99. The van der Waals surface area contributed by atoms with Crippen LogP contribution in [0.1, 0.15) is 45.1 Å². The fraction of sp³-hybridized carbons (Fsp3) is 0.529. The monoisotopic (exact) mass is 336 g/mol. The summed E-state index contributed by atoms with van der Waals surface area (Å²) in [5.74, 6) is 0.493. The Balaban J connectivity index is 1.99. The molecule has 0 aliphatic carbocycles. The van der Waals surface area contributed by atoms with Crippen molar-refractivity contribution in [2.24, 2.45) is 11.0 Å². The van der Waals surface area contributed by atoms with Crippen LogP contribution in [0.4, 0.5) is 0 Å². The summed E-state index contributed by atoms with van der Waals surface area (Å²) in [6, 6.07) is 5.26. The van der Waals surface area contributed by atoms with Crippen LogP contribution in [0.3, 0.4) is 0 Å². The predicted molar refractivity (Wildman–Crippen MR) is 95.4 cm³/mol. The van der Waals surface area contributed by atoms with E-state index in [2.05, 4.69) is 17.3 Å². The molecular weight excluding hydrogens is 312 g/mol. The number of phenolic OH excluding ortho intramolecular Hbond substituents is 1. The van der Waals surface area contributed by atoms with Crippen LogP contribution in [0.5, 0.6) is 5.75 Å². The molecule has 5 nitrogen and oxygen atoms in total. The Morgan fingerprint density at radius 3 is 2.96 bits per heavy atom. The van der Waals surface area contributed by atoms with Crippen molar-refractivity contribution in [3.63, 3.8) is 0 Å². The molecule has 1 atom stereocenters. The lowest BCUT2D eigenvalue weighted by Gasteiger charge is -2.16. The van der Waals surface area contributed by atoms with E-state index in [4.69, 9.17) is 17.0 Å². The lowest BCUT2D eigenvalue weighted by atomic mass is 9.99. The van der Waals surface area contributed by atoms with Gasteiger partial charge in [-0.1, -0.05) is 50.8 Å². The van der Waals surface area contributed by atoms with Crippen LogP contribution >= 0.6 is 11.6 Å². The minimum Gasteiger partial charge on any atom is -0.506 e. The number of para-hydroxylation sites is 1. The van der Waals surface area contributed by atoms with Crippen molar-refractivity contribution < 1.29 is 5.11 Å². The van der Waals surface area contributed by atoms with Gasteiger partial charge in [0, 0.05) is 18.0 Å². The first-order valence-electron chi connectivity index (χ1n) is 8.20. The summed E-state index contributed by atoms with van der Waals surface area (Å²) in [6.45, 7) is 5.63. The molecule has 126 valence electrons. The standard InChI is InChI=1S/C17H25ClN4O/c1-3-4-5-6-10-20-17(19)22-11-12(2)15(21-22)13-8-7-9-14(18)16(13)23/h7-9,12,23H,3-6,10-11H2,1-2H3,(H2,19,20). The molecule has 6 heteroatoms. The van der Waals surface area contributed by atoms with Gasteiger partial charge in [-0.2, -0.15) is 5.10 Å². The Morgan fingerprint density at radius 1 is 1.43 bits per heavy atom. The summed E-state index contributed by atoms with van der Waals surface area (Å²) in [7, 11) is 0. The smallest absolute Gasteiger partial charge is 0.211 e. The zero-order valence-corrected chi connectivity index (χ0v) is 14.5. The number of hydrogen-bond donors (Lipinski definition) is 3. The topological polar surface area (TPSA) is 71.7 Å². The molecule has 1 aliphatic heterocycles. The third-order valence-corrected chi connectivity index (χ3v) is 4.29. The zero-order chi connectivity index (χ0) is 16.8. The molecule has 2 rings (SSSR count). The summed E-state index contributed by atoms with van der Waals surface area (Å²) in [6.07, 6.45) is 4.67. The van der Waals surface area contributed by atoms with Crippen LogP contribution in [-0.2, 0) is 0 Å². The SMILES string of the molecule is CCCCCCNC(=N)N1CC(C)C(c2cccc(Cl)c2O)=N1. The van der Waals surface area contributed by atoms with E-state index >= 15 is 0 Å². The van der Waals surface area contributed by atoms with Gasteiger partial charge in [-0.15, -0.1) is 0 Å². The number of hydrazone groups is 1. The molecule has 0 spiro atoms. The Morgan fingerprint density at radius 2 is 2.22 bits per heavy atom. The van der Waals surface area contributed by atoms with Crippen molar-refractivity contribution in [3.8, 4) is 5.75 Å². The lowest BCUT2D eigenvalue weighted by Crippen LogP contribution is -2.37. The van der Waals surface area contributed by atoms with E-state index in [-0.39, 0.29) is 11.7 Å². The summed E-state index contributed by atoms with van der Waals surface area (Å²) in [4.78, 5) is 0. The highest BCUT2D eigenvalue weighted by Gasteiger charge is 2.28. The Kier molecular flexibility index (Phi) is 6.28. The van der Waals surface area contributed by atoms with Gasteiger partial charge in [0.15, 0.2) is 0 Å². The van der Waals surface area contributed by atoms with Crippen molar-refractivity contribution in [3.05, 3.63) is 28.8 Å². The molecule has 0 radical (unpaired) electrons. The van der Waals surface area contributed by atoms with E-state index in [9.17, 15) is 5.11 Å². The predicted octanol–water partition coefficient (Wildman–Crippen LogP) is 3.81. The summed E-state index contributed by atoms with van der Waals surface area (Å²) < 4.78 is 0. The summed E-state index contributed by atoms with van der Waals surface area (Å²) in [5, 5.41) is 27.8. The molecule has 0 fully saturated rings. The number of phenols is 1. The first kappa shape index (κ1) is 17.6. The lowest BCUT2D eigenvalue weighted by molar-refractivity contribution is 0.433. The van der Waals surface area contributed by atoms with E-state index in [1.807, 2.05) is 13.0 Å². The number of nitrogens with one attached hydrogen (secondary N) is 2. The average Bonchev–Trinajstić information content (AvgIpc) is 2.91. The Labute approximate surface area is 142 Å². The second-order valence-corrected chi connectivity index (χ2v) is 6.35. The third kappa shape index (κ3) is 4.38. The molecule has 1 aromatic carbocycles. The number of aromatic hydroxyl groups is 1. The highest BCUT2D eigenvalue weighted by molar-refractivity contribution is 6.32. The molecule has 0 aromatic heterocycles. The van der Waals surface area contributed by atoms with Crippen molar-refractivity contribution in [2.45, 2.75) is 39.5 Å². The van der Waals surface area contributed by atoms with Crippen LogP contribution in [0.25, 0.3) is 0 Å². The normalized spacial score (nSPS) is 17.3. The molecule has 0 saturated heterocycles. The average molecular weight is 337 g/mol. The second kappa shape index (κ2) is 8.20. The van der Waals surface area contributed by atoms with E-state index in [0.717, 1.165) is 18.7 Å². The number of hydrogen-bond acceptors (Lipinski definition) is 3. The van der Waals surface area contributed by atoms with E-state index in [1.165, 1.54) is 19.3 Å². The van der Waals surface area contributed by atoms with Gasteiger partial charge in [0.2, 0.25) is 5.96 Å². The number of unbranched alkanes of at least 4 members (excludes halogenated alkanes) is 3. The van der Waals surface area contributed by atoms with Gasteiger partial charge >= 0.3 is 0 Å². The molecule has 1 aliphatic rings. The van der Waals surface area contributed by atoms with Crippen molar-refractivity contribution in [2.75, 3.05) is 13.1 Å². The van der Waals surface area contributed by atoms with Gasteiger partial charge in [0.25, 0.3) is 0 Å². The van der Waals surface area contributed by atoms with Crippen molar-refractivity contribution in [1.29, 1.82) is 5.41 Å². The quantitative estimate of drug-likeness (QED) is 0.420. The Bertz CT molecular complexity index is 588. The maximum absolute atomic E-state index is 10.1. The minimum atomic E-state index is 0.0562. The minimum absolute atomic E-state index is 0.0562. The van der Waals surface area contributed by atoms with Crippen LogP contribution in [0.15, 0.2) is 23.3 Å². The maximum atomic E-state index is 10.1. The molecule has 0 saturated carbocycles. The molecule has 1 aromatic rings. The highest BCUT2D eigenvalue weighted by Crippen LogP contribution is 2.31. The number of benzene rings is 1. The number of nitrogens with zero attached hydrogens (tertiary/aromatic N) is 2. The van der Waals surface area contributed by atoms with Crippen LogP contribution in [-0.4, -0.2) is 34.9 Å². The number of halogens is 1.